The zero-order chi connectivity index (χ0) is 33.2. The lowest BCUT2D eigenvalue weighted by Gasteiger charge is -2.33. The third-order valence-corrected chi connectivity index (χ3v) is 7.06. The first-order valence-electron chi connectivity index (χ1n) is 14.6. The van der Waals surface area contributed by atoms with Crippen LogP contribution >= 0.6 is 0 Å². The Morgan fingerprint density at radius 2 is 0.979 bits per heavy atom. The fourth-order valence-electron chi connectivity index (χ4n) is 4.89. The van der Waals surface area contributed by atoms with E-state index in [1.165, 1.54) is 36.4 Å². The van der Waals surface area contributed by atoms with Crippen LogP contribution in [0.3, 0.4) is 0 Å². The largest absolute Gasteiger partial charge is 0.459 e. The molecule has 4 aromatic rings. The second-order valence-corrected chi connectivity index (χ2v) is 10.4. The third-order valence-electron chi connectivity index (χ3n) is 7.06. The van der Waals surface area contributed by atoms with Crippen LogP contribution in [-0.2, 0) is 33.2 Å². The van der Waals surface area contributed by atoms with Crippen molar-refractivity contribution in [2.45, 2.75) is 31.0 Å². The Morgan fingerprint density at radius 1 is 0.574 bits per heavy atom. The van der Waals surface area contributed by atoms with Gasteiger partial charge in [-0.25, -0.2) is 19.2 Å². The van der Waals surface area contributed by atoms with E-state index in [0.29, 0.717) is 0 Å². The summed E-state index contributed by atoms with van der Waals surface area (Å²) < 4.78 is 34.6. The molecule has 0 bridgehead atoms. The van der Waals surface area contributed by atoms with Crippen LogP contribution in [0.4, 0.5) is 0 Å². The molecule has 0 aliphatic carbocycles. The highest BCUT2D eigenvalue weighted by Gasteiger charge is 2.63. The molecule has 1 aliphatic rings. The molecule has 4 atom stereocenters. The van der Waals surface area contributed by atoms with Crippen LogP contribution in [0.5, 0.6) is 0 Å². The Labute approximate surface area is 269 Å². The summed E-state index contributed by atoms with van der Waals surface area (Å²) in [6.45, 7) is -0.237. The summed E-state index contributed by atoms with van der Waals surface area (Å²) in [5.74, 6) is -6.46. The fourth-order valence-corrected chi connectivity index (χ4v) is 4.89. The number of esters is 5. The summed E-state index contributed by atoms with van der Waals surface area (Å²) in [6.07, 6.45) is -4.58. The summed E-state index contributed by atoms with van der Waals surface area (Å²) in [5.41, 5.74) is 0.693. The molecule has 0 amide bonds. The van der Waals surface area contributed by atoms with E-state index in [9.17, 15) is 24.0 Å². The van der Waals surface area contributed by atoms with Crippen LogP contribution in [0, 0.1) is 0 Å². The van der Waals surface area contributed by atoms with Crippen molar-refractivity contribution >= 4 is 29.8 Å². The first-order valence-corrected chi connectivity index (χ1v) is 14.6. The van der Waals surface area contributed by atoms with Gasteiger partial charge in [0, 0.05) is 6.92 Å². The molecule has 1 unspecified atom stereocenters. The number of benzene rings is 4. The Kier molecular flexibility index (Phi) is 10.4. The smallest absolute Gasteiger partial charge is 0.338 e. The molecule has 0 spiro atoms. The number of carbonyl (C=O) groups excluding carboxylic acids is 5. The van der Waals surface area contributed by atoms with Crippen LogP contribution in [0.1, 0.15) is 48.4 Å². The third kappa shape index (κ3) is 8.08. The number of hydrogen-bond acceptors (Lipinski definition) is 11. The maximum atomic E-state index is 13.4. The van der Waals surface area contributed by atoms with Crippen molar-refractivity contribution in [1.29, 1.82) is 0 Å². The van der Waals surface area contributed by atoms with Crippen molar-refractivity contribution in [3.63, 3.8) is 0 Å². The molecule has 1 fully saturated rings. The van der Waals surface area contributed by atoms with Crippen molar-refractivity contribution in [1.82, 2.24) is 0 Å². The minimum Gasteiger partial charge on any atom is -0.459 e. The standard InChI is InChI=1S/C36H30O11/c1-24(37)46-36(23-43-33(39)26-16-8-3-9-17-26)31(45-35(41)28-20-12-5-13-21-28)30(44-34(40)27-18-10-4-11-19-27)29(47-36)22-42-32(38)25-14-6-2-7-15-25/h2-21,29-31H,22-23H2,1H3/t29-,30-,31-,36?/m1/s1. The number of ether oxygens (including phenoxy) is 6. The van der Waals surface area contributed by atoms with Crippen molar-refractivity contribution in [3.8, 4) is 0 Å². The van der Waals surface area contributed by atoms with E-state index in [-0.39, 0.29) is 22.3 Å². The molecule has 240 valence electrons. The van der Waals surface area contributed by atoms with Crippen molar-refractivity contribution < 1.29 is 52.4 Å². The highest BCUT2D eigenvalue weighted by Crippen LogP contribution is 2.39. The molecule has 0 saturated carbocycles. The minimum atomic E-state index is -2.33. The van der Waals surface area contributed by atoms with Crippen molar-refractivity contribution in [2.24, 2.45) is 0 Å². The lowest BCUT2D eigenvalue weighted by Crippen LogP contribution is -2.53. The number of hydrogen-bond donors (Lipinski definition) is 0. The quantitative estimate of drug-likeness (QED) is 0.165. The summed E-state index contributed by atoms with van der Waals surface area (Å²) in [5, 5.41) is 0. The van der Waals surface area contributed by atoms with Crippen LogP contribution in [0.15, 0.2) is 121 Å². The molecule has 1 saturated heterocycles. The van der Waals surface area contributed by atoms with E-state index in [1.54, 1.807) is 84.9 Å². The van der Waals surface area contributed by atoms with E-state index >= 15 is 0 Å². The summed E-state index contributed by atoms with van der Waals surface area (Å²) in [7, 11) is 0. The van der Waals surface area contributed by atoms with Crippen molar-refractivity contribution in [3.05, 3.63) is 144 Å². The molecular formula is C36H30O11. The number of carbonyl (C=O) groups is 5. The molecule has 0 radical (unpaired) electrons. The van der Waals surface area contributed by atoms with Crippen LogP contribution < -0.4 is 0 Å². The average Bonchev–Trinajstić information content (AvgIpc) is 3.37. The molecule has 1 heterocycles. The molecule has 0 N–H and O–H groups in total. The molecule has 0 aromatic heterocycles. The molecule has 1 aliphatic heterocycles. The highest BCUT2D eigenvalue weighted by molar-refractivity contribution is 5.91. The van der Waals surface area contributed by atoms with E-state index in [2.05, 4.69) is 0 Å². The van der Waals surface area contributed by atoms with E-state index in [4.69, 9.17) is 28.4 Å². The van der Waals surface area contributed by atoms with Gasteiger partial charge in [-0.3, -0.25) is 4.79 Å². The fraction of sp³-hybridized carbons (Fsp3) is 0.194. The molecular weight excluding hydrogens is 608 g/mol. The first-order chi connectivity index (χ1) is 22.8. The molecule has 11 heteroatoms. The highest BCUT2D eigenvalue weighted by atomic mass is 16.8. The molecule has 4 aromatic carbocycles. The van der Waals surface area contributed by atoms with Gasteiger partial charge in [0.05, 0.1) is 22.3 Å². The summed E-state index contributed by atoms with van der Waals surface area (Å²) >= 11 is 0. The van der Waals surface area contributed by atoms with Gasteiger partial charge in [-0.05, 0) is 48.5 Å². The maximum Gasteiger partial charge on any atom is 0.338 e. The Morgan fingerprint density at radius 3 is 1.43 bits per heavy atom. The minimum absolute atomic E-state index is 0.123. The van der Waals surface area contributed by atoms with Gasteiger partial charge < -0.3 is 28.4 Å². The van der Waals surface area contributed by atoms with Gasteiger partial charge in [0.25, 0.3) is 5.79 Å². The van der Waals surface area contributed by atoms with E-state index in [0.717, 1.165) is 6.92 Å². The topological polar surface area (TPSA) is 141 Å². The SMILES string of the molecule is CC(=O)OC1(COC(=O)c2ccccc2)O[C@H](COC(=O)c2ccccc2)[C@@H](OC(=O)c2ccccc2)[C@H]1OC(=O)c1ccccc1. The Hall–Kier alpha value is -5.81. The zero-order valence-corrected chi connectivity index (χ0v) is 25.2. The van der Waals surface area contributed by atoms with Crippen LogP contribution in [0.25, 0.3) is 0 Å². The van der Waals surface area contributed by atoms with Gasteiger partial charge in [0.2, 0.25) is 6.10 Å². The summed E-state index contributed by atoms with van der Waals surface area (Å²) in [6, 6.07) is 32.0. The van der Waals surface area contributed by atoms with E-state index < -0.39 is 67.2 Å². The van der Waals surface area contributed by atoms with Gasteiger partial charge in [-0.2, -0.15) is 0 Å². The van der Waals surface area contributed by atoms with Gasteiger partial charge >= 0.3 is 29.8 Å². The Bertz CT molecular complexity index is 1690. The molecule has 5 rings (SSSR count). The predicted octanol–water partition coefficient (Wildman–Crippen LogP) is 4.81. The Balaban J connectivity index is 1.52. The average molecular weight is 639 g/mol. The normalized spacial score (nSPS) is 20.0. The molecule has 47 heavy (non-hydrogen) atoms. The lowest BCUT2D eigenvalue weighted by atomic mass is 10.0. The van der Waals surface area contributed by atoms with Gasteiger partial charge in [-0.15, -0.1) is 0 Å². The maximum absolute atomic E-state index is 13.4. The van der Waals surface area contributed by atoms with Crippen molar-refractivity contribution in [2.75, 3.05) is 13.2 Å². The zero-order valence-electron chi connectivity index (χ0n) is 25.2. The van der Waals surface area contributed by atoms with Gasteiger partial charge in [0.1, 0.15) is 12.7 Å². The predicted molar refractivity (Wildman–Crippen MR) is 164 cm³/mol. The monoisotopic (exact) mass is 638 g/mol. The van der Waals surface area contributed by atoms with E-state index in [1.807, 2.05) is 0 Å². The molecule has 11 nitrogen and oxygen atoms in total. The van der Waals surface area contributed by atoms with Crippen LogP contribution in [-0.4, -0.2) is 67.2 Å². The van der Waals surface area contributed by atoms with Crippen LogP contribution in [0.2, 0.25) is 0 Å². The van der Waals surface area contributed by atoms with Gasteiger partial charge in [0.15, 0.2) is 12.7 Å². The van der Waals surface area contributed by atoms with Gasteiger partial charge in [-0.1, -0.05) is 72.8 Å². The summed E-state index contributed by atoms with van der Waals surface area (Å²) in [4.78, 5) is 65.2. The lowest BCUT2D eigenvalue weighted by molar-refractivity contribution is -0.262. The second kappa shape index (κ2) is 15.0. The first kappa shape index (κ1) is 32.6. The second-order valence-electron chi connectivity index (χ2n) is 10.4. The number of rotatable bonds is 11.